The first-order chi connectivity index (χ1) is 11.1. The number of allylic oxidation sites excluding steroid dienone is 1. The lowest BCUT2D eigenvalue weighted by Crippen LogP contribution is -2.52. The van der Waals surface area contributed by atoms with Gasteiger partial charge in [-0.05, 0) is 12.8 Å². The van der Waals surface area contributed by atoms with Crippen LogP contribution in [0.5, 0.6) is 0 Å². The molecule has 0 bridgehead atoms. The van der Waals surface area contributed by atoms with E-state index in [1.165, 1.54) is 32.1 Å². The standard InChI is InChI=1S/C18H33NO4/c1-4-5-6-7-8-9-10-11-15-18(23-16(20)12-19)17(21-3)14(2)13-22-15/h10-11,14-15,17-18H,4-9,12-13,19H2,1-3H3/b11-10+/t14-,15-,17-,18-/m0/s1. The number of carbonyl (C=O) groups excluding carboxylic acids is 1. The molecule has 0 unspecified atom stereocenters. The molecule has 0 radical (unpaired) electrons. The van der Waals surface area contributed by atoms with Crippen LogP contribution in [0.3, 0.4) is 0 Å². The second-order valence-corrected chi connectivity index (χ2v) is 6.27. The lowest BCUT2D eigenvalue weighted by molar-refractivity contribution is -0.189. The van der Waals surface area contributed by atoms with Crippen molar-refractivity contribution in [2.45, 2.75) is 70.7 Å². The smallest absolute Gasteiger partial charge is 0.320 e. The molecule has 0 aromatic carbocycles. The van der Waals surface area contributed by atoms with Gasteiger partial charge in [-0.1, -0.05) is 51.7 Å². The second kappa shape index (κ2) is 11.6. The monoisotopic (exact) mass is 327 g/mol. The first kappa shape index (κ1) is 20.1. The van der Waals surface area contributed by atoms with Crippen molar-refractivity contribution in [3.8, 4) is 0 Å². The van der Waals surface area contributed by atoms with Gasteiger partial charge in [0, 0.05) is 13.0 Å². The molecule has 4 atom stereocenters. The summed E-state index contributed by atoms with van der Waals surface area (Å²) in [5, 5.41) is 0. The number of esters is 1. The third-order valence-electron chi connectivity index (χ3n) is 4.27. The van der Waals surface area contributed by atoms with Gasteiger partial charge in [0.1, 0.15) is 12.2 Å². The predicted molar refractivity (Wildman–Crippen MR) is 91.2 cm³/mol. The van der Waals surface area contributed by atoms with E-state index in [4.69, 9.17) is 19.9 Å². The Kier molecular flexibility index (Phi) is 10.2. The zero-order chi connectivity index (χ0) is 17.1. The maximum absolute atomic E-state index is 11.6. The van der Waals surface area contributed by atoms with Crippen LogP contribution >= 0.6 is 0 Å². The Morgan fingerprint density at radius 2 is 2.00 bits per heavy atom. The van der Waals surface area contributed by atoms with Crippen LogP contribution in [0.2, 0.25) is 0 Å². The molecule has 1 aliphatic rings. The quantitative estimate of drug-likeness (QED) is 0.379. The van der Waals surface area contributed by atoms with Gasteiger partial charge in [-0.2, -0.15) is 0 Å². The summed E-state index contributed by atoms with van der Waals surface area (Å²) in [7, 11) is 1.64. The van der Waals surface area contributed by atoms with E-state index in [9.17, 15) is 4.79 Å². The van der Waals surface area contributed by atoms with Crippen LogP contribution in [-0.4, -0.2) is 44.5 Å². The maximum Gasteiger partial charge on any atom is 0.320 e. The predicted octanol–water partition coefficient (Wildman–Crippen LogP) is 2.82. The van der Waals surface area contributed by atoms with Crippen molar-refractivity contribution >= 4 is 5.97 Å². The molecule has 134 valence electrons. The van der Waals surface area contributed by atoms with Crippen molar-refractivity contribution in [2.75, 3.05) is 20.3 Å². The lowest BCUT2D eigenvalue weighted by Gasteiger charge is -2.39. The molecule has 0 spiro atoms. The Morgan fingerprint density at radius 3 is 2.65 bits per heavy atom. The van der Waals surface area contributed by atoms with Gasteiger partial charge in [-0.3, -0.25) is 4.79 Å². The van der Waals surface area contributed by atoms with Gasteiger partial charge in [0.05, 0.1) is 13.2 Å². The van der Waals surface area contributed by atoms with Gasteiger partial charge in [-0.15, -0.1) is 0 Å². The number of rotatable bonds is 10. The van der Waals surface area contributed by atoms with Gasteiger partial charge >= 0.3 is 5.97 Å². The van der Waals surface area contributed by atoms with Crippen molar-refractivity contribution in [1.29, 1.82) is 0 Å². The molecule has 0 aliphatic carbocycles. The number of ether oxygens (including phenoxy) is 3. The fraction of sp³-hybridized carbons (Fsp3) is 0.833. The van der Waals surface area contributed by atoms with Crippen LogP contribution in [0.4, 0.5) is 0 Å². The first-order valence-electron chi connectivity index (χ1n) is 8.84. The molecule has 23 heavy (non-hydrogen) atoms. The van der Waals surface area contributed by atoms with Gasteiger partial charge in [0.2, 0.25) is 0 Å². The molecule has 0 aromatic rings. The minimum absolute atomic E-state index is 0.130. The average Bonchev–Trinajstić information content (AvgIpc) is 2.55. The Labute approximate surface area is 140 Å². The molecule has 1 saturated heterocycles. The molecule has 5 heteroatoms. The van der Waals surface area contributed by atoms with E-state index in [1.54, 1.807) is 7.11 Å². The van der Waals surface area contributed by atoms with Crippen molar-refractivity contribution in [1.82, 2.24) is 0 Å². The van der Waals surface area contributed by atoms with Gasteiger partial charge in [-0.25, -0.2) is 0 Å². The summed E-state index contributed by atoms with van der Waals surface area (Å²) < 4.78 is 16.8. The molecule has 5 nitrogen and oxygen atoms in total. The molecule has 1 rings (SSSR count). The Bertz CT molecular complexity index is 359. The van der Waals surface area contributed by atoms with Crippen molar-refractivity contribution in [3.05, 3.63) is 12.2 Å². The highest BCUT2D eigenvalue weighted by atomic mass is 16.6. The van der Waals surface area contributed by atoms with Crippen molar-refractivity contribution in [3.63, 3.8) is 0 Å². The molecular weight excluding hydrogens is 294 g/mol. The number of methoxy groups -OCH3 is 1. The molecule has 1 fully saturated rings. The SMILES string of the molecule is CCCCCCC/C=C/[C@@H]1OC[C@H](C)[C@H](OC)[C@H]1OC(=O)CN. The summed E-state index contributed by atoms with van der Waals surface area (Å²) in [6.07, 6.45) is 10.6. The average molecular weight is 327 g/mol. The molecule has 0 amide bonds. The summed E-state index contributed by atoms with van der Waals surface area (Å²) >= 11 is 0. The van der Waals surface area contributed by atoms with Crippen LogP contribution < -0.4 is 5.73 Å². The summed E-state index contributed by atoms with van der Waals surface area (Å²) in [5.41, 5.74) is 5.36. The highest BCUT2D eigenvalue weighted by molar-refractivity contribution is 5.71. The van der Waals surface area contributed by atoms with E-state index in [0.29, 0.717) is 6.61 Å². The van der Waals surface area contributed by atoms with Gasteiger partial charge in [0.15, 0.2) is 6.10 Å². The molecule has 0 saturated carbocycles. The molecule has 2 N–H and O–H groups in total. The molecule has 0 aromatic heterocycles. The minimum Gasteiger partial charge on any atom is -0.455 e. The van der Waals surface area contributed by atoms with Crippen LogP contribution in [-0.2, 0) is 19.0 Å². The first-order valence-corrected chi connectivity index (χ1v) is 8.84. The second-order valence-electron chi connectivity index (χ2n) is 6.27. The Morgan fingerprint density at radius 1 is 1.26 bits per heavy atom. The normalized spacial score (nSPS) is 28.2. The van der Waals surface area contributed by atoms with E-state index < -0.39 is 12.1 Å². The fourth-order valence-electron chi connectivity index (χ4n) is 2.92. The van der Waals surface area contributed by atoms with E-state index in [0.717, 1.165) is 6.42 Å². The van der Waals surface area contributed by atoms with Crippen LogP contribution in [0.15, 0.2) is 12.2 Å². The Balaban J connectivity index is 2.53. The minimum atomic E-state index is -0.434. The van der Waals surface area contributed by atoms with Crippen LogP contribution in [0.25, 0.3) is 0 Å². The molecule has 1 heterocycles. The van der Waals surface area contributed by atoms with Crippen molar-refractivity contribution in [2.24, 2.45) is 11.7 Å². The maximum atomic E-state index is 11.6. The number of nitrogens with two attached hydrogens (primary N) is 1. The topological polar surface area (TPSA) is 70.8 Å². The Hall–Kier alpha value is -0.910. The highest BCUT2D eigenvalue weighted by Gasteiger charge is 2.40. The number of carbonyl (C=O) groups is 1. The van der Waals surface area contributed by atoms with Gasteiger partial charge in [0.25, 0.3) is 0 Å². The van der Waals surface area contributed by atoms with Crippen LogP contribution in [0.1, 0.15) is 52.4 Å². The van der Waals surface area contributed by atoms with Crippen LogP contribution in [0, 0.1) is 5.92 Å². The highest BCUT2D eigenvalue weighted by Crippen LogP contribution is 2.26. The number of unbranched alkanes of at least 4 members (excludes halogenated alkanes) is 5. The van der Waals surface area contributed by atoms with Gasteiger partial charge < -0.3 is 19.9 Å². The number of hydrogen-bond donors (Lipinski definition) is 1. The third-order valence-corrected chi connectivity index (χ3v) is 4.27. The summed E-state index contributed by atoms with van der Waals surface area (Å²) in [4.78, 5) is 11.6. The fourth-order valence-corrected chi connectivity index (χ4v) is 2.92. The summed E-state index contributed by atoms with van der Waals surface area (Å²) in [5.74, 6) is -0.248. The van der Waals surface area contributed by atoms with Crippen molar-refractivity contribution < 1.29 is 19.0 Å². The zero-order valence-electron chi connectivity index (χ0n) is 14.8. The largest absolute Gasteiger partial charge is 0.455 e. The third kappa shape index (κ3) is 7.02. The van der Waals surface area contributed by atoms with E-state index in [2.05, 4.69) is 13.0 Å². The van der Waals surface area contributed by atoms with E-state index in [-0.39, 0.29) is 24.7 Å². The lowest BCUT2D eigenvalue weighted by atomic mass is 9.93. The summed E-state index contributed by atoms with van der Waals surface area (Å²) in [6.45, 7) is 4.72. The summed E-state index contributed by atoms with van der Waals surface area (Å²) in [6, 6.07) is 0. The van der Waals surface area contributed by atoms with E-state index >= 15 is 0 Å². The molecule has 1 aliphatic heterocycles. The zero-order valence-corrected chi connectivity index (χ0v) is 14.8. The van der Waals surface area contributed by atoms with E-state index in [1.807, 2.05) is 13.0 Å². The number of hydrogen-bond acceptors (Lipinski definition) is 5. The molecular formula is C18H33NO4.